The minimum absolute atomic E-state index is 0.0461. The van der Waals surface area contributed by atoms with Gasteiger partial charge in [-0.25, -0.2) is 4.79 Å². The normalized spacial score (nSPS) is 10.7. The molecule has 0 fully saturated rings. The number of carboxylic acid groups (broad SMARTS) is 1. The number of aromatic carboxylic acids is 1. The van der Waals surface area contributed by atoms with E-state index in [1.165, 1.54) is 6.07 Å². The molecule has 0 atom stereocenters. The average molecular weight is 294 g/mol. The van der Waals surface area contributed by atoms with Crippen molar-refractivity contribution in [1.82, 2.24) is 0 Å². The number of ether oxygens (including phenoxy) is 2. The van der Waals surface area contributed by atoms with Gasteiger partial charge in [0.25, 0.3) is 0 Å². The third kappa shape index (κ3) is 5.55. The van der Waals surface area contributed by atoms with Crippen LogP contribution in [-0.4, -0.2) is 37.2 Å². The number of carbonyl (C=O) groups is 2. The maximum Gasteiger partial charge on any atom is 0.339 e. The van der Waals surface area contributed by atoms with Gasteiger partial charge in [0.05, 0.1) is 6.61 Å². The molecule has 1 N–H and O–H groups in total. The quantitative estimate of drug-likeness (QED) is 0.709. The summed E-state index contributed by atoms with van der Waals surface area (Å²) < 4.78 is 10.4. The van der Waals surface area contributed by atoms with E-state index >= 15 is 0 Å². The number of carbonyl (C=O) groups excluding carboxylic acids is 1. The van der Waals surface area contributed by atoms with E-state index in [1.807, 2.05) is 13.8 Å². The van der Waals surface area contributed by atoms with E-state index in [2.05, 4.69) is 0 Å². The van der Waals surface area contributed by atoms with Crippen LogP contribution in [0.2, 0.25) is 0 Å². The molecule has 1 aromatic carbocycles. The van der Waals surface area contributed by atoms with E-state index in [9.17, 15) is 9.59 Å². The highest BCUT2D eigenvalue weighted by Crippen LogP contribution is 2.22. The summed E-state index contributed by atoms with van der Waals surface area (Å²) in [6.07, 6.45) is 0.955. The Morgan fingerprint density at radius 3 is 2.52 bits per heavy atom. The van der Waals surface area contributed by atoms with Crippen molar-refractivity contribution in [1.29, 1.82) is 0 Å². The number of hydrogen-bond acceptors (Lipinski definition) is 4. The van der Waals surface area contributed by atoms with Crippen LogP contribution in [-0.2, 0) is 16.0 Å². The highest BCUT2D eigenvalue weighted by molar-refractivity contribution is 5.91. The van der Waals surface area contributed by atoms with Crippen molar-refractivity contribution in [2.75, 3.05) is 20.3 Å². The van der Waals surface area contributed by atoms with E-state index < -0.39 is 5.97 Å². The fraction of sp³-hybridized carbons (Fsp3) is 0.500. The van der Waals surface area contributed by atoms with Crippen molar-refractivity contribution in [3.8, 4) is 5.75 Å². The summed E-state index contributed by atoms with van der Waals surface area (Å²) in [7, 11) is 1.60. The first-order chi connectivity index (χ1) is 9.95. The molecule has 0 radical (unpaired) electrons. The monoisotopic (exact) mass is 294 g/mol. The molecule has 5 nitrogen and oxygen atoms in total. The van der Waals surface area contributed by atoms with Crippen LogP contribution < -0.4 is 4.74 Å². The third-order valence-electron chi connectivity index (χ3n) is 3.05. The van der Waals surface area contributed by atoms with Crippen LogP contribution in [0.15, 0.2) is 18.2 Å². The second-order valence-electron chi connectivity index (χ2n) is 5.13. The van der Waals surface area contributed by atoms with Crippen LogP contribution in [0, 0.1) is 5.92 Å². The first-order valence-electron chi connectivity index (χ1n) is 6.96. The van der Waals surface area contributed by atoms with E-state index in [0.29, 0.717) is 25.4 Å². The van der Waals surface area contributed by atoms with Crippen LogP contribution in [0.25, 0.3) is 0 Å². The summed E-state index contributed by atoms with van der Waals surface area (Å²) in [5.74, 6) is -0.676. The van der Waals surface area contributed by atoms with Gasteiger partial charge in [-0.2, -0.15) is 0 Å². The third-order valence-corrected chi connectivity index (χ3v) is 3.05. The number of Topliss-reactive ketones (excluding diaryl/α,β-unsaturated/α-hetero) is 1. The molecular weight excluding hydrogens is 272 g/mol. The molecule has 0 saturated heterocycles. The zero-order chi connectivity index (χ0) is 15.8. The Labute approximate surface area is 124 Å². The zero-order valence-corrected chi connectivity index (χ0v) is 12.7. The van der Waals surface area contributed by atoms with Gasteiger partial charge in [-0.1, -0.05) is 19.9 Å². The standard InChI is InChI=1S/C16H22O5/c1-11(2)14(17)9-12-5-6-13(16(18)19)15(10-12)21-8-4-7-20-3/h5-6,10-11H,4,7-9H2,1-3H3,(H,18,19). The maximum absolute atomic E-state index is 11.8. The molecule has 0 aliphatic carbocycles. The molecule has 0 amide bonds. The van der Waals surface area contributed by atoms with Crippen molar-refractivity contribution >= 4 is 11.8 Å². The highest BCUT2D eigenvalue weighted by atomic mass is 16.5. The Morgan fingerprint density at radius 1 is 1.24 bits per heavy atom. The average Bonchev–Trinajstić information content (AvgIpc) is 2.43. The SMILES string of the molecule is COCCCOc1cc(CC(=O)C(C)C)ccc1C(=O)O. The summed E-state index contributed by atoms with van der Waals surface area (Å²) in [6, 6.07) is 4.78. The van der Waals surface area contributed by atoms with E-state index in [4.69, 9.17) is 14.6 Å². The molecule has 5 heteroatoms. The lowest BCUT2D eigenvalue weighted by Crippen LogP contribution is -2.11. The zero-order valence-electron chi connectivity index (χ0n) is 12.7. The number of rotatable bonds is 9. The summed E-state index contributed by atoms with van der Waals surface area (Å²) in [6.45, 7) is 4.61. The van der Waals surface area contributed by atoms with Gasteiger partial charge in [0, 0.05) is 32.5 Å². The second-order valence-corrected chi connectivity index (χ2v) is 5.13. The number of carboxylic acids is 1. The van der Waals surface area contributed by atoms with Crippen molar-refractivity contribution in [3.05, 3.63) is 29.3 Å². The predicted octanol–water partition coefficient (Wildman–Crippen LogP) is 2.57. The molecule has 0 heterocycles. The summed E-state index contributed by atoms with van der Waals surface area (Å²) in [5, 5.41) is 9.16. The number of ketones is 1. The molecule has 0 bridgehead atoms. The molecule has 0 aromatic heterocycles. The molecule has 116 valence electrons. The largest absolute Gasteiger partial charge is 0.493 e. The molecule has 0 aliphatic rings. The first kappa shape index (κ1) is 17.2. The van der Waals surface area contributed by atoms with Crippen molar-refractivity contribution < 1.29 is 24.2 Å². The summed E-state index contributed by atoms with van der Waals surface area (Å²) in [5.41, 5.74) is 0.869. The molecule has 1 rings (SSSR count). The Hall–Kier alpha value is -1.88. The molecule has 21 heavy (non-hydrogen) atoms. The lowest BCUT2D eigenvalue weighted by atomic mass is 10.00. The van der Waals surface area contributed by atoms with Crippen LogP contribution in [0.1, 0.15) is 36.2 Å². The highest BCUT2D eigenvalue weighted by Gasteiger charge is 2.14. The van der Waals surface area contributed by atoms with Crippen LogP contribution in [0.3, 0.4) is 0 Å². The molecule has 0 aliphatic heterocycles. The topological polar surface area (TPSA) is 72.8 Å². The Kier molecular flexibility index (Phi) is 6.88. The van der Waals surface area contributed by atoms with Gasteiger partial charge in [0.2, 0.25) is 0 Å². The molecule has 0 spiro atoms. The minimum Gasteiger partial charge on any atom is -0.493 e. The van der Waals surface area contributed by atoms with Gasteiger partial charge < -0.3 is 14.6 Å². The fourth-order valence-electron chi connectivity index (χ4n) is 1.76. The predicted molar refractivity (Wildman–Crippen MR) is 78.9 cm³/mol. The van der Waals surface area contributed by atoms with Gasteiger partial charge in [-0.3, -0.25) is 4.79 Å². The number of benzene rings is 1. The fourth-order valence-corrected chi connectivity index (χ4v) is 1.76. The molecule has 1 aromatic rings. The van der Waals surface area contributed by atoms with Crippen molar-refractivity contribution in [2.45, 2.75) is 26.7 Å². The van der Waals surface area contributed by atoms with Gasteiger partial charge in [0.15, 0.2) is 0 Å². The van der Waals surface area contributed by atoms with Crippen molar-refractivity contribution in [2.24, 2.45) is 5.92 Å². The summed E-state index contributed by atoms with van der Waals surface area (Å²) >= 11 is 0. The Balaban J connectivity index is 2.84. The van der Waals surface area contributed by atoms with Crippen LogP contribution in [0.5, 0.6) is 5.75 Å². The number of methoxy groups -OCH3 is 1. The second kappa shape index (κ2) is 8.42. The van der Waals surface area contributed by atoms with E-state index in [-0.39, 0.29) is 23.7 Å². The molecular formula is C16H22O5. The van der Waals surface area contributed by atoms with Gasteiger partial charge in [-0.15, -0.1) is 0 Å². The lowest BCUT2D eigenvalue weighted by Gasteiger charge is -2.11. The van der Waals surface area contributed by atoms with E-state index in [0.717, 1.165) is 5.56 Å². The van der Waals surface area contributed by atoms with Gasteiger partial charge in [0.1, 0.15) is 17.1 Å². The number of hydrogen-bond donors (Lipinski definition) is 1. The van der Waals surface area contributed by atoms with Crippen LogP contribution in [0.4, 0.5) is 0 Å². The molecule has 0 saturated carbocycles. The van der Waals surface area contributed by atoms with Crippen LogP contribution >= 0.6 is 0 Å². The van der Waals surface area contributed by atoms with Gasteiger partial charge in [-0.05, 0) is 17.7 Å². The first-order valence-corrected chi connectivity index (χ1v) is 6.96. The smallest absolute Gasteiger partial charge is 0.339 e. The maximum atomic E-state index is 11.8. The summed E-state index contributed by atoms with van der Waals surface area (Å²) in [4.78, 5) is 22.9. The van der Waals surface area contributed by atoms with Crippen molar-refractivity contribution in [3.63, 3.8) is 0 Å². The van der Waals surface area contributed by atoms with E-state index in [1.54, 1.807) is 19.2 Å². The minimum atomic E-state index is -1.04. The Bertz CT molecular complexity index is 493. The molecule has 0 unspecified atom stereocenters. The van der Waals surface area contributed by atoms with Gasteiger partial charge >= 0.3 is 5.97 Å². The Morgan fingerprint density at radius 2 is 1.95 bits per heavy atom. The lowest BCUT2D eigenvalue weighted by molar-refractivity contribution is -0.121.